The Kier molecular flexibility index (Phi) is 2.92. The molecule has 0 aliphatic carbocycles. The van der Waals surface area contributed by atoms with E-state index in [2.05, 4.69) is 5.10 Å². The fourth-order valence-corrected chi connectivity index (χ4v) is 1.73. The van der Waals surface area contributed by atoms with Crippen molar-refractivity contribution in [2.75, 3.05) is 5.73 Å². The third-order valence-corrected chi connectivity index (χ3v) is 2.60. The lowest BCUT2D eigenvalue weighted by atomic mass is 10.2. The average Bonchev–Trinajstić information content (AvgIpc) is 2.71. The van der Waals surface area contributed by atoms with Gasteiger partial charge < -0.3 is 11.5 Å². The molecular formula is C11H8ClN5O. The average molecular weight is 262 g/mol. The van der Waals surface area contributed by atoms with Crippen LogP contribution in [0, 0.1) is 11.3 Å². The van der Waals surface area contributed by atoms with Gasteiger partial charge in [0.05, 0.1) is 34.2 Å². The van der Waals surface area contributed by atoms with Gasteiger partial charge in [0.1, 0.15) is 0 Å². The molecule has 0 atom stereocenters. The molecule has 2 aromatic rings. The third-order valence-electron chi connectivity index (χ3n) is 2.30. The first-order valence-electron chi connectivity index (χ1n) is 4.88. The highest BCUT2D eigenvalue weighted by Gasteiger charge is 2.13. The summed E-state index contributed by atoms with van der Waals surface area (Å²) in [5.74, 6) is -0.712. The number of halogens is 1. The van der Waals surface area contributed by atoms with Gasteiger partial charge in [-0.2, -0.15) is 10.4 Å². The molecule has 1 aromatic heterocycles. The summed E-state index contributed by atoms with van der Waals surface area (Å²) in [6, 6.07) is 6.66. The van der Waals surface area contributed by atoms with Gasteiger partial charge in [-0.3, -0.25) is 4.79 Å². The standard InChI is InChI=1S/C11H8ClN5O/c12-7-3-6(4-13)1-2-9(7)17-5-8(14)10(16-17)11(15)18/h1-3,5H,14H2,(H2,15,18). The molecule has 2 rings (SSSR count). The van der Waals surface area contributed by atoms with Gasteiger partial charge in [-0.1, -0.05) is 11.6 Å². The highest BCUT2D eigenvalue weighted by atomic mass is 35.5. The maximum Gasteiger partial charge on any atom is 0.271 e. The number of hydrogen-bond donors (Lipinski definition) is 2. The zero-order chi connectivity index (χ0) is 13.3. The third kappa shape index (κ3) is 1.99. The highest BCUT2D eigenvalue weighted by Crippen LogP contribution is 2.23. The quantitative estimate of drug-likeness (QED) is 0.842. The molecule has 0 saturated heterocycles. The van der Waals surface area contributed by atoms with Crippen LogP contribution in [0.4, 0.5) is 5.69 Å². The maximum atomic E-state index is 11.0. The number of rotatable bonds is 2. The van der Waals surface area contributed by atoms with Crippen molar-refractivity contribution in [1.82, 2.24) is 9.78 Å². The minimum absolute atomic E-state index is 0.0181. The number of nitrogens with two attached hydrogens (primary N) is 2. The zero-order valence-electron chi connectivity index (χ0n) is 9.09. The molecule has 1 heterocycles. The predicted octanol–water partition coefficient (Wildman–Crippen LogP) is 1.08. The number of nitrogen functional groups attached to an aromatic ring is 1. The number of carbonyl (C=O) groups is 1. The van der Waals surface area contributed by atoms with E-state index in [9.17, 15) is 4.79 Å². The summed E-state index contributed by atoms with van der Waals surface area (Å²) in [4.78, 5) is 11.0. The van der Waals surface area contributed by atoms with Crippen molar-refractivity contribution >= 4 is 23.2 Å². The largest absolute Gasteiger partial charge is 0.396 e. The van der Waals surface area contributed by atoms with Crippen molar-refractivity contribution in [1.29, 1.82) is 5.26 Å². The Bertz CT molecular complexity index is 671. The number of nitrogens with zero attached hydrogens (tertiary/aromatic N) is 3. The van der Waals surface area contributed by atoms with Crippen molar-refractivity contribution in [2.45, 2.75) is 0 Å². The van der Waals surface area contributed by atoms with Crippen molar-refractivity contribution in [3.63, 3.8) is 0 Å². The van der Waals surface area contributed by atoms with Crippen molar-refractivity contribution in [3.8, 4) is 11.8 Å². The summed E-state index contributed by atoms with van der Waals surface area (Å²) in [5, 5.41) is 13.0. The van der Waals surface area contributed by atoms with Gasteiger partial charge in [0.25, 0.3) is 5.91 Å². The summed E-state index contributed by atoms with van der Waals surface area (Å²) in [6.07, 6.45) is 1.44. The van der Waals surface area contributed by atoms with Crippen LogP contribution in [0.3, 0.4) is 0 Å². The summed E-state index contributed by atoms with van der Waals surface area (Å²) in [5.41, 5.74) is 11.8. The molecule has 0 bridgehead atoms. The van der Waals surface area contributed by atoms with Gasteiger partial charge in [0, 0.05) is 0 Å². The smallest absolute Gasteiger partial charge is 0.271 e. The van der Waals surface area contributed by atoms with Gasteiger partial charge in [-0.05, 0) is 18.2 Å². The van der Waals surface area contributed by atoms with Crippen LogP contribution in [0.25, 0.3) is 5.69 Å². The molecule has 0 aliphatic rings. The normalized spacial score (nSPS) is 10.0. The predicted molar refractivity (Wildman–Crippen MR) is 66.2 cm³/mol. The van der Waals surface area contributed by atoms with Gasteiger partial charge in [0.2, 0.25) is 0 Å². The number of carbonyl (C=O) groups excluding carboxylic acids is 1. The summed E-state index contributed by atoms with van der Waals surface area (Å²) < 4.78 is 1.35. The number of nitriles is 1. The summed E-state index contributed by atoms with van der Waals surface area (Å²) in [6.45, 7) is 0. The van der Waals surface area contributed by atoms with Crippen molar-refractivity contribution in [2.24, 2.45) is 5.73 Å². The van der Waals surface area contributed by atoms with Crippen LogP contribution in [-0.2, 0) is 0 Å². The maximum absolute atomic E-state index is 11.0. The first-order chi connectivity index (χ1) is 8.52. The van der Waals surface area contributed by atoms with Crippen LogP contribution in [0.1, 0.15) is 16.1 Å². The Morgan fingerprint density at radius 1 is 1.50 bits per heavy atom. The van der Waals surface area contributed by atoms with E-state index < -0.39 is 5.91 Å². The topological polar surface area (TPSA) is 111 Å². The van der Waals surface area contributed by atoms with Crippen LogP contribution < -0.4 is 11.5 Å². The molecule has 1 amide bonds. The Morgan fingerprint density at radius 2 is 2.22 bits per heavy atom. The van der Waals surface area contributed by atoms with Gasteiger partial charge in [0.15, 0.2) is 5.69 Å². The minimum Gasteiger partial charge on any atom is -0.396 e. The van der Waals surface area contributed by atoms with E-state index in [1.54, 1.807) is 12.1 Å². The van der Waals surface area contributed by atoms with E-state index in [1.165, 1.54) is 16.9 Å². The molecule has 0 radical (unpaired) electrons. The van der Waals surface area contributed by atoms with Crippen LogP contribution in [0.15, 0.2) is 24.4 Å². The Morgan fingerprint density at radius 3 is 2.72 bits per heavy atom. The molecule has 0 fully saturated rings. The molecular weight excluding hydrogens is 254 g/mol. The lowest BCUT2D eigenvalue weighted by molar-refractivity contribution is 0.0996. The number of benzene rings is 1. The van der Waals surface area contributed by atoms with Crippen LogP contribution in [0.5, 0.6) is 0 Å². The van der Waals surface area contributed by atoms with Crippen LogP contribution >= 0.6 is 11.6 Å². The van der Waals surface area contributed by atoms with E-state index in [-0.39, 0.29) is 11.4 Å². The van der Waals surface area contributed by atoms with Crippen molar-refractivity contribution < 1.29 is 4.79 Å². The Hall–Kier alpha value is -2.52. The highest BCUT2D eigenvalue weighted by molar-refractivity contribution is 6.32. The number of amides is 1. The Balaban J connectivity index is 2.53. The SMILES string of the molecule is N#Cc1ccc(-n2cc(N)c(C(N)=O)n2)c(Cl)c1. The van der Waals surface area contributed by atoms with E-state index in [0.717, 1.165) is 0 Å². The van der Waals surface area contributed by atoms with E-state index in [0.29, 0.717) is 16.3 Å². The minimum atomic E-state index is -0.712. The lowest BCUT2D eigenvalue weighted by Crippen LogP contribution is -2.14. The molecule has 6 nitrogen and oxygen atoms in total. The zero-order valence-corrected chi connectivity index (χ0v) is 9.85. The second-order valence-electron chi connectivity index (χ2n) is 3.52. The van der Waals surface area contributed by atoms with Crippen molar-refractivity contribution in [3.05, 3.63) is 40.7 Å². The van der Waals surface area contributed by atoms with E-state index in [4.69, 9.17) is 28.3 Å². The molecule has 0 spiro atoms. The molecule has 0 aliphatic heterocycles. The fraction of sp³-hybridized carbons (Fsp3) is 0. The first kappa shape index (κ1) is 12.0. The van der Waals surface area contributed by atoms with Gasteiger partial charge in [-0.25, -0.2) is 4.68 Å². The lowest BCUT2D eigenvalue weighted by Gasteiger charge is -2.03. The number of hydrogen-bond acceptors (Lipinski definition) is 4. The summed E-state index contributed by atoms with van der Waals surface area (Å²) in [7, 11) is 0. The van der Waals surface area contributed by atoms with Gasteiger partial charge in [-0.15, -0.1) is 0 Å². The van der Waals surface area contributed by atoms with E-state index >= 15 is 0 Å². The second kappa shape index (κ2) is 4.39. The molecule has 1 aromatic carbocycles. The molecule has 4 N–H and O–H groups in total. The van der Waals surface area contributed by atoms with Crippen LogP contribution in [-0.4, -0.2) is 15.7 Å². The van der Waals surface area contributed by atoms with Crippen LogP contribution in [0.2, 0.25) is 5.02 Å². The molecule has 18 heavy (non-hydrogen) atoms. The van der Waals surface area contributed by atoms with E-state index in [1.807, 2.05) is 6.07 Å². The fourth-order valence-electron chi connectivity index (χ4n) is 1.46. The molecule has 0 unspecified atom stereocenters. The monoisotopic (exact) mass is 261 g/mol. The molecule has 7 heteroatoms. The summed E-state index contributed by atoms with van der Waals surface area (Å²) >= 11 is 6.01. The first-order valence-corrected chi connectivity index (χ1v) is 5.25. The molecule has 0 saturated carbocycles. The number of primary amides is 1. The number of anilines is 1. The van der Waals surface area contributed by atoms with Gasteiger partial charge >= 0.3 is 0 Å². The second-order valence-corrected chi connectivity index (χ2v) is 3.93. The Labute approximate surface area is 107 Å². The number of aromatic nitrogens is 2. The molecule has 90 valence electrons.